The smallest absolute Gasteiger partial charge is 0.269 e. The topological polar surface area (TPSA) is 56.8 Å². The van der Waals surface area contributed by atoms with Crippen molar-refractivity contribution in [1.82, 2.24) is 0 Å². The number of rotatable bonds is 3. The van der Waals surface area contributed by atoms with E-state index < -0.39 is 6.10 Å². The third-order valence-electron chi connectivity index (χ3n) is 3.23. The number of methoxy groups -OCH3 is 1. The second-order valence-electron chi connectivity index (χ2n) is 4.70. The van der Waals surface area contributed by atoms with Crippen LogP contribution in [0.2, 0.25) is 0 Å². The van der Waals surface area contributed by atoms with Gasteiger partial charge in [0.2, 0.25) is 6.10 Å². The van der Waals surface area contributed by atoms with Crippen molar-refractivity contribution in [2.45, 2.75) is 6.10 Å². The van der Waals surface area contributed by atoms with Crippen molar-refractivity contribution < 1.29 is 19.0 Å². The second kappa shape index (κ2) is 6.27. The summed E-state index contributed by atoms with van der Waals surface area (Å²) >= 11 is 3.40. The van der Waals surface area contributed by atoms with Gasteiger partial charge in [-0.05, 0) is 40.2 Å². The number of para-hydroxylation sites is 2. The minimum Gasteiger partial charge on any atom is -0.497 e. The van der Waals surface area contributed by atoms with E-state index in [4.69, 9.17) is 14.2 Å². The number of halogens is 1. The minimum atomic E-state index is -0.701. The Kier molecular flexibility index (Phi) is 4.20. The van der Waals surface area contributed by atoms with Gasteiger partial charge in [-0.3, -0.25) is 4.79 Å². The first-order valence-corrected chi connectivity index (χ1v) is 7.49. The fourth-order valence-electron chi connectivity index (χ4n) is 2.09. The Hall–Kier alpha value is -2.21. The molecule has 0 aliphatic carbocycles. The summed E-state index contributed by atoms with van der Waals surface area (Å²) in [6, 6.07) is 12.6. The largest absolute Gasteiger partial charge is 0.497 e. The van der Waals surface area contributed by atoms with Gasteiger partial charge >= 0.3 is 0 Å². The summed E-state index contributed by atoms with van der Waals surface area (Å²) in [7, 11) is 1.57. The molecule has 2 aromatic rings. The van der Waals surface area contributed by atoms with E-state index in [0.717, 1.165) is 4.47 Å². The number of carbonyl (C=O) groups excluding carboxylic acids is 1. The van der Waals surface area contributed by atoms with Crippen molar-refractivity contribution in [3.63, 3.8) is 0 Å². The summed E-state index contributed by atoms with van der Waals surface area (Å²) in [6.07, 6.45) is -0.701. The molecule has 1 heterocycles. The highest BCUT2D eigenvalue weighted by atomic mass is 79.9. The first kappa shape index (κ1) is 14.7. The monoisotopic (exact) mass is 363 g/mol. The van der Waals surface area contributed by atoms with E-state index in [2.05, 4.69) is 21.2 Å². The Morgan fingerprint density at radius 2 is 2.05 bits per heavy atom. The van der Waals surface area contributed by atoms with Gasteiger partial charge in [0.15, 0.2) is 11.5 Å². The number of nitrogens with one attached hydrogen (secondary N) is 1. The van der Waals surface area contributed by atoms with Gasteiger partial charge < -0.3 is 19.5 Å². The zero-order valence-electron chi connectivity index (χ0n) is 11.8. The summed E-state index contributed by atoms with van der Waals surface area (Å²) in [4.78, 5) is 12.4. The van der Waals surface area contributed by atoms with Crippen molar-refractivity contribution >= 4 is 27.5 Å². The van der Waals surface area contributed by atoms with Crippen LogP contribution in [-0.2, 0) is 4.79 Å². The van der Waals surface area contributed by atoms with E-state index in [1.807, 2.05) is 24.3 Å². The number of hydrogen-bond acceptors (Lipinski definition) is 4. The highest BCUT2D eigenvalue weighted by molar-refractivity contribution is 9.10. The Bertz CT molecular complexity index is 704. The number of ether oxygens (including phenoxy) is 3. The van der Waals surface area contributed by atoms with E-state index in [9.17, 15) is 4.79 Å². The average molecular weight is 364 g/mol. The lowest BCUT2D eigenvalue weighted by atomic mass is 10.2. The highest BCUT2D eigenvalue weighted by Crippen LogP contribution is 2.32. The zero-order valence-corrected chi connectivity index (χ0v) is 13.4. The molecule has 5 nitrogen and oxygen atoms in total. The standard InChI is InChI=1S/C16H14BrNO4/c1-20-10-6-7-11(17)12(8-10)18-16(19)15-9-21-13-4-2-3-5-14(13)22-15/h2-8,15H,9H2,1H3,(H,18,19)/t15-/m1/s1. The van der Waals surface area contributed by atoms with Crippen LogP contribution in [0.5, 0.6) is 17.2 Å². The first-order valence-electron chi connectivity index (χ1n) is 6.70. The third-order valence-corrected chi connectivity index (χ3v) is 3.92. The summed E-state index contributed by atoms with van der Waals surface area (Å²) in [5, 5.41) is 2.81. The van der Waals surface area contributed by atoms with Crippen molar-refractivity contribution in [2.24, 2.45) is 0 Å². The van der Waals surface area contributed by atoms with E-state index in [1.165, 1.54) is 0 Å². The third kappa shape index (κ3) is 3.01. The maximum Gasteiger partial charge on any atom is 0.269 e. The predicted molar refractivity (Wildman–Crippen MR) is 85.7 cm³/mol. The molecule has 114 valence electrons. The molecular formula is C16H14BrNO4. The van der Waals surface area contributed by atoms with Crippen LogP contribution in [0.15, 0.2) is 46.9 Å². The molecule has 0 bridgehead atoms. The van der Waals surface area contributed by atoms with Crippen LogP contribution in [-0.4, -0.2) is 25.7 Å². The fraction of sp³-hybridized carbons (Fsp3) is 0.188. The Labute approximate surface area is 136 Å². The van der Waals surface area contributed by atoms with Crippen LogP contribution in [0, 0.1) is 0 Å². The number of carbonyl (C=O) groups is 1. The lowest BCUT2D eigenvalue weighted by Gasteiger charge is -2.25. The van der Waals surface area contributed by atoms with Gasteiger partial charge in [0.05, 0.1) is 12.8 Å². The van der Waals surface area contributed by atoms with Crippen molar-refractivity contribution in [3.8, 4) is 17.2 Å². The van der Waals surface area contributed by atoms with Gasteiger partial charge in [-0.1, -0.05) is 12.1 Å². The van der Waals surface area contributed by atoms with Crippen LogP contribution < -0.4 is 19.5 Å². The van der Waals surface area contributed by atoms with E-state index in [0.29, 0.717) is 22.9 Å². The molecule has 0 saturated heterocycles. The lowest BCUT2D eigenvalue weighted by molar-refractivity contribution is -0.125. The molecule has 0 radical (unpaired) electrons. The Balaban J connectivity index is 1.73. The molecule has 0 saturated carbocycles. The van der Waals surface area contributed by atoms with Gasteiger partial charge in [0.1, 0.15) is 12.4 Å². The summed E-state index contributed by atoms with van der Waals surface area (Å²) in [5.41, 5.74) is 0.617. The molecule has 1 N–H and O–H groups in total. The predicted octanol–water partition coefficient (Wildman–Crippen LogP) is 3.24. The molecule has 0 spiro atoms. The molecule has 1 amide bonds. The second-order valence-corrected chi connectivity index (χ2v) is 5.55. The van der Waals surface area contributed by atoms with Crippen molar-refractivity contribution in [2.75, 3.05) is 19.0 Å². The number of amides is 1. The maximum absolute atomic E-state index is 12.4. The summed E-state index contributed by atoms with van der Waals surface area (Å²) in [5.74, 6) is 1.60. The average Bonchev–Trinajstić information content (AvgIpc) is 2.56. The highest BCUT2D eigenvalue weighted by Gasteiger charge is 2.27. The molecule has 1 aliphatic heterocycles. The van der Waals surface area contributed by atoms with Crippen LogP contribution in [0.25, 0.3) is 0 Å². The molecule has 0 aromatic heterocycles. The number of benzene rings is 2. The van der Waals surface area contributed by atoms with E-state index in [-0.39, 0.29) is 12.5 Å². The van der Waals surface area contributed by atoms with Gasteiger partial charge in [0, 0.05) is 10.5 Å². The van der Waals surface area contributed by atoms with Crippen LogP contribution in [0.1, 0.15) is 0 Å². The van der Waals surface area contributed by atoms with Crippen molar-refractivity contribution in [3.05, 3.63) is 46.9 Å². The summed E-state index contributed by atoms with van der Waals surface area (Å²) < 4.78 is 17.1. The Morgan fingerprint density at radius 3 is 2.82 bits per heavy atom. The maximum atomic E-state index is 12.4. The minimum absolute atomic E-state index is 0.171. The quantitative estimate of drug-likeness (QED) is 0.909. The number of hydrogen-bond donors (Lipinski definition) is 1. The van der Waals surface area contributed by atoms with Crippen molar-refractivity contribution in [1.29, 1.82) is 0 Å². The van der Waals surface area contributed by atoms with Crippen LogP contribution >= 0.6 is 15.9 Å². The van der Waals surface area contributed by atoms with Gasteiger partial charge in [-0.15, -0.1) is 0 Å². The molecule has 2 aromatic carbocycles. The molecule has 22 heavy (non-hydrogen) atoms. The normalized spacial score (nSPS) is 16.0. The molecule has 3 rings (SSSR count). The number of fused-ring (bicyclic) bond motifs is 1. The van der Waals surface area contributed by atoms with Crippen LogP contribution in [0.4, 0.5) is 5.69 Å². The zero-order chi connectivity index (χ0) is 15.5. The van der Waals surface area contributed by atoms with Crippen LogP contribution in [0.3, 0.4) is 0 Å². The first-order chi connectivity index (χ1) is 10.7. The molecular weight excluding hydrogens is 350 g/mol. The SMILES string of the molecule is COc1ccc(Br)c(NC(=O)[C@H]2COc3ccccc3O2)c1. The molecule has 1 atom stereocenters. The molecule has 1 aliphatic rings. The summed E-state index contributed by atoms with van der Waals surface area (Å²) in [6.45, 7) is 0.171. The van der Waals surface area contributed by atoms with Gasteiger partial charge in [-0.2, -0.15) is 0 Å². The Morgan fingerprint density at radius 1 is 1.27 bits per heavy atom. The van der Waals surface area contributed by atoms with E-state index in [1.54, 1.807) is 25.3 Å². The van der Waals surface area contributed by atoms with Gasteiger partial charge in [-0.25, -0.2) is 0 Å². The van der Waals surface area contributed by atoms with E-state index >= 15 is 0 Å². The molecule has 0 fully saturated rings. The van der Waals surface area contributed by atoms with Gasteiger partial charge in [0.25, 0.3) is 5.91 Å². The lowest BCUT2D eigenvalue weighted by Crippen LogP contribution is -2.40. The molecule has 6 heteroatoms. The number of anilines is 1. The molecule has 0 unspecified atom stereocenters. The fourth-order valence-corrected chi connectivity index (χ4v) is 2.43.